The van der Waals surface area contributed by atoms with Crippen LogP contribution in [-0.2, 0) is 0 Å². The van der Waals surface area contributed by atoms with E-state index in [0.29, 0.717) is 5.92 Å². The molecule has 1 N–H and O–H groups in total. The number of aliphatic hydroxyl groups excluding tert-OH is 1. The van der Waals surface area contributed by atoms with E-state index >= 15 is 0 Å². The average molecular weight is 255 g/mol. The van der Waals surface area contributed by atoms with Crippen LogP contribution in [0.1, 0.15) is 66.7 Å². The fourth-order valence-electron chi connectivity index (χ4n) is 3.43. The second-order valence-corrected chi connectivity index (χ2v) is 6.89. The van der Waals surface area contributed by atoms with Gasteiger partial charge in [-0.05, 0) is 64.0 Å². The van der Waals surface area contributed by atoms with E-state index in [1.807, 2.05) is 0 Å². The Morgan fingerprint density at radius 3 is 2.11 bits per heavy atom. The first-order chi connectivity index (χ1) is 8.40. The number of rotatable bonds is 7. The van der Waals surface area contributed by atoms with Crippen LogP contribution in [0.2, 0.25) is 0 Å². The molecule has 0 spiro atoms. The highest BCUT2D eigenvalue weighted by molar-refractivity contribution is 4.94. The van der Waals surface area contributed by atoms with Crippen molar-refractivity contribution in [2.45, 2.75) is 78.4 Å². The summed E-state index contributed by atoms with van der Waals surface area (Å²) in [6, 6.07) is 0. The second kappa shape index (κ2) is 6.91. The van der Waals surface area contributed by atoms with Crippen LogP contribution in [0, 0.1) is 11.8 Å². The smallest absolute Gasteiger partial charge is 0.0723 e. The van der Waals surface area contributed by atoms with E-state index < -0.39 is 0 Å². The topological polar surface area (TPSA) is 23.5 Å². The molecule has 2 nitrogen and oxygen atoms in total. The van der Waals surface area contributed by atoms with Crippen LogP contribution in [0.15, 0.2) is 0 Å². The molecule has 108 valence electrons. The standard InChI is InChI=1S/C16H33NO/c1-6-16(5,17-9-7-8-10-17)15(18)12-14(4)11-13(2)3/h13-15,18H,6-12H2,1-5H3. The maximum Gasteiger partial charge on any atom is 0.0723 e. The van der Waals surface area contributed by atoms with Crippen molar-refractivity contribution in [2.24, 2.45) is 11.8 Å². The molecule has 2 heteroatoms. The minimum Gasteiger partial charge on any atom is -0.391 e. The lowest BCUT2D eigenvalue weighted by molar-refractivity contribution is -0.0250. The van der Waals surface area contributed by atoms with Gasteiger partial charge in [0.15, 0.2) is 0 Å². The van der Waals surface area contributed by atoms with E-state index in [2.05, 4.69) is 39.5 Å². The Morgan fingerprint density at radius 1 is 1.11 bits per heavy atom. The lowest BCUT2D eigenvalue weighted by Gasteiger charge is -2.43. The van der Waals surface area contributed by atoms with Gasteiger partial charge in [0, 0.05) is 5.54 Å². The summed E-state index contributed by atoms with van der Waals surface area (Å²) in [5, 5.41) is 10.7. The van der Waals surface area contributed by atoms with Crippen molar-refractivity contribution >= 4 is 0 Å². The number of aliphatic hydroxyl groups is 1. The number of hydrogen-bond donors (Lipinski definition) is 1. The van der Waals surface area contributed by atoms with Gasteiger partial charge in [-0.3, -0.25) is 4.90 Å². The molecule has 1 rings (SSSR count). The molecule has 3 atom stereocenters. The third-order valence-electron chi connectivity index (χ3n) is 4.76. The van der Waals surface area contributed by atoms with E-state index in [9.17, 15) is 5.11 Å². The van der Waals surface area contributed by atoms with Crippen LogP contribution in [0.4, 0.5) is 0 Å². The minimum atomic E-state index is -0.186. The lowest BCUT2D eigenvalue weighted by Crippen LogP contribution is -2.53. The van der Waals surface area contributed by atoms with E-state index in [1.165, 1.54) is 32.4 Å². The van der Waals surface area contributed by atoms with Gasteiger partial charge in [-0.15, -0.1) is 0 Å². The third kappa shape index (κ3) is 3.96. The Balaban J connectivity index is 2.57. The molecule has 1 saturated heterocycles. The number of likely N-dealkylation sites (tertiary alicyclic amines) is 1. The van der Waals surface area contributed by atoms with E-state index in [0.717, 1.165) is 18.8 Å². The molecule has 1 fully saturated rings. The molecule has 3 unspecified atom stereocenters. The van der Waals surface area contributed by atoms with Gasteiger partial charge in [0.1, 0.15) is 0 Å². The minimum absolute atomic E-state index is 0.0122. The first-order valence-electron chi connectivity index (χ1n) is 7.83. The summed E-state index contributed by atoms with van der Waals surface area (Å²) in [5.74, 6) is 1.35. The number of nitrogens with zero attached hydrogens (tertiary/aromatic N) is 1. The SMILES string of the molecule is CCC(C)(C(O)CC(C)CC(C)C)N1CCCC1. The molecule has 0 aromatic carbocycles. The second-order valence-electron chi connectivity index (χ2n) is 6.89. The molecule has 0 bridgehead atoms. The zero-order valence-electron chi connectivity index (χ0n) is 13.1. The molecule has 18 heavy (non-hydrogen) atoms. The van der Waals surface area contributed by atoms with Crippen molar-refractivity contribution in [3.8, 4) is 0 Å². The molecule has 1 aliphatic rings. The van der Waals surface area contributed by atoms with Gasteiger partial charge in [-0.25, -0.2) is 0 Å². The van der Waals surface area contributed by atoms with Gasteiger partial charge >= 0.3 is 0 Å². The summed E-state index contributed by atoms with van der Waals surface area (Å²) in [4.78, 5) is 2.51. The fourth-order valence-corrected chi connectivity index (χ4v) is 3.43. The largest absolute Gasteiger partial charge is 0.391 e. The van der Waals surface area contributed by atoms with Crippen molar-refractivity contribution in [1.29, 1.82) is 0 Å². The highest BCUT2D eigenvalue weighted by Gasteiger charge is 2.38. The van der Waals surface area contributed by atoms with Crippen LogP contribution < -0.4 is 0 Å². The summed E-state index contributed by atoms with van der Waals surface area (Å²) in [5.41, 5.74) is -0.0122. The molecule has 0 saturated carbocycles. The van der Waals surface area contributed by atoms with Crippen LogP contribution in [-0.4, -0.2) is 34.7 Å². The molecular formula is C16H33NO. The molecule has 0 aliphatic carbocycles. The van der Waals surface area contributed by atoms with Crippen LogP contribution >= 0.6 is 0 Å². The monoisotopic (exact) mass is 255 g/mol. The highest BCUT2D eigenvalue weighted by Crippen LogP contribution is 2.31. The summed E-state index contributed by atoms with van der Waals surface area (Å²) < 4.78 is 0. The van der Waals surface area contributed by atoms with Crippen LogP contribution in [0.25, 0.3) is 0 Å². The van der Waals surface area contributed by atoms with Crippen LogP contribution in [0.3, 0.4) is 0 Å². The predicted octanol–water partition coefficient (Wildman–Crippen LogP) is 3.68. The van der Waals surface area contributed by atoms with Gasteiger partial charge in [-0.1, -0.05) is 27.7 Å². The first-order valence-corrected chi connectivity index (χ1v) is 7.83. The Hall–Kier alpha value is -0.0800. The molecule has 0 aromatic heterocycles. The molecule has 1 aliphatic heterocycles. The highest BCUT2D eigenvalue weighted by atomic mass is 16.3. The van der Waals surface area contributed by atoms with Gasteiger partial charge in [0.25, 0.3) is 0 Å². The zero-order valence-corrected chi connectivity index (χ0v) is 13.1. The fraction of sp³-hybridized carbons (Fsp3) is 1.00. The third-order valence-corrected chi connectivity index (χ3v) is 4.76. The summed E-state index contributed by atoms with van der Waals surface area (Å²) >= 11 is 0. The summed E-state index contributed by atoms with van der Waals surface area (Å²) in [6.07, 6.45) is 5.61. The van der Waals surface area contributed by atoms with E-state index in [1.54, 1.807) is 0 Å². The van der Waals surface area contributed by atoms with Crippen molar-refractivity contribution < 1.29 is 5.11 Å². The van der Waals surface area contributed by atoms with E-state index in [4.69, 9.17) is 0 Å². The lowest BCUT2D eigenvalue weighted by atomic mass is 9.82. The summed E-state index contributed by atoms with van der Waals surface area (Å²) in [7, 11) is 0. The van der Waals surface area contributed by atoms with Crippen molar-refractivity contribution in [3.63, 3.8) is 0 Å². The maximum atomic E-state index is 10.7. The zero-order chi connectivity index (χ0) is 13.8. The molecular weight excluding hydrogens is 222 g/mol. The van der Waals surface area contributed by atoms with Crippen molar-refractivity contribution in [3.05, 3.63) is 0 Å². The van der Waals surface area contributed by atoms with Crippen molar-refractivity contribution in [1.82, 2.24) is 4.90 Å². The predicted molar refractivity (Wildman–Crippen MR) is 78.7 cm³/mol. The molecule has 0 amide bonds. The summed E-state index contributed by atoms with van der Waals surface area (Å²) in [6.45, 7) is 13.6. The Kier molecular flexibility index (Phi) is 6.13. The molecule has 0 aromatic rings. The average Bonchev–Trinajstić information content (AvgIpc) is 2.80. The normalized spacial score (nSPS) is 24.2. The molecule has 1 heterocycles. The van der Waals surface area contributed by atoms with E-state index in [-0.39, 0.29) is 11.6 Å². The van der Waals surface area contributed by atoms with Crippen molar-refractivity contribution in [2.75, 3.05) is 13.1 Å². The maximum absolute atomic E-state index is 10.7. The Labute approximate surface area is 114 Å². The quantitative estimate of drug-likeness (QED) is 0.750. The van der Waals surface area contributed by atoms with Crippen LogP contribution in [0.5, 0.6) is 0 Å². The Bertz CT molecular complexity index is 235. The first kappa shape index (κ1) is 16.0. The van der Waals surface area contributed by atoms with Gasteiger partial charge in [0.2, 0.25) is 0 Å². The Morgan fingerprint density at radius 2 is 1.67 bits per heavy atom. The number of hydrogen-bond acceptors (Lipinski definition) is 2. The van der Waals surface area contributed by atoms with Gasteiger partial charge in [-0.2, -0.15) is 0 Å². The van der Waals surface area contributed by atoms with Gasteiger partial charge in [0.05, 0.1) is 6.10 Å². The van der Waals surface area contributed by atoms with Gasteiger partial charge < -0.3 is 5.11 Å². The molecule has 0 radical (unpaired) electrons.